The van der Waals surface area contributed by atoms with Crippen molar-refractivity contribution in [3.8, 4) is 0 Å². The van der Waals surface area contributed by atoms with Crippen molar-refractivity contribution in [1.82, 2.24) is 15.1 Å². The number of hydrogen-bond acceptors (Lipinski definition) is 6. The first-order chi connectivity index (χ1) is 17.3. The van der Waals surface area contributed by atoms with Crippen molar-refractivity contribution < 1.29 is 27.2 Å². The number of fused-ring (bicyclic) bond motifs is 1. The molecule has 13 heteroatoms. The van der Waals surface area contributed by atoms with Gasteiger partial charge in [0.05, 0.1) is 28.9 Å². The van der Waals surface area contributed by atoms with E-state index < -0.39 is 69.5 Å². The lowest BCUT2D eigenvalue weighted by Crippen LogP contribution is -2.83. The summed E-state index contributed by atoms with van der Waals surface area (Å²) in [6.45, 7) is 2.92. The fourth-order valence-corrected chi connectivity index (χ4v) is 7.56. The standard InChI is InChI=1S/C24H25Cl2FN4O5S/c1-13(2)30-12-24(37(35,36)20-8-5-15(25)10-17(20)26)29-18(22(28)33)11-21(32)31(24)19(23(30)34)9-14-3-6-16(27)7-4-14/h3-8,10,13,18-19,29H,9,11-12H2,1-2H3,(H2,28,33). The lowest BCUT2D eigenvalue weighted by atomic mass is 9.95. The number of carbonyl (C=O) groups is 3. The number of halogens is 3. The Kier molecular flexibility index (Phi) is 7.28. The number of carbonyl (C=O) groups excluding carboxylic acids is 3. The predicted octanol–water partition coefficient (Wildman–Crippen LogP) is 2.10. The second kappa shape index (κ2) is 9.86. The van der Waals surface area contributed by atoms with Crippen LogP contribution in [0.1, 0.15) is 25.8 Å². The highest BCUT2D eigenvalue weighted by Gasteiger charge is 2.64. The molecule has 2 aromatic rings. The first kappa shape index (κ1) is 27.3. The van der Waals surface area contributed by atoms with Crippen molar-refractivity contribution in [3.05, 3.63) is 63.9 Å². The molecular formula is C24H25Cl2FN4O5S. The first-order valence-electron chi connectivity index (χ1n) is 11.4. The number of primary amides is 1. The molecule has 37 heavy (non-hydrogen) atoms. The van der Waals surface area contributed by atoms with Gasteiger partial charge in [0.25, 0.3) is 0 Å². The van der Waals surface area contributed by atoms with Crippen molar-refractivity contribution in [2.45, 2.75) is 54.7 Å². The Balaban J connectivity index is 1.96. The third-order valence-corrected chi connectivity index (χ3v) is 9.57. The van der Waals surface area contributed by atoms with Crippen molar-refractivity contribution in [1.29, 1.82) is 0 Å². The summed E-state index contributed by atoms with van der Waals surface area (Å²) in [5, 5.41) is 2.81. The van der Waals surface area contributed by atoms with Crippen LogP contribution in [0.3, 0.4) is 0 Å². The predicted molar refractivity (Wildman–Crippen MR) is 135 cm³/mol. The van der Waals surface area contributed by atoms with Gasteiger partial charge in [-0.15, -0.1) is 0 Å². The number of sulfone groups is 1. The highest BCUT2D eigenvalue weighted by molar-refractivity contribution is 7.93. The van der Waals surface area contributed by atoms with Gasteiger partial charge >= 0.3 is 0 Å². The Bertz CT molecular complexity index is 1370. The van der Waals surface area contributed by atoms with Gasteiger partial charge in [-0.1, -0.05) is 35.3 Å². The van der Waals surface area contributed by atoms with Crippen LogP contribution in [-0.4, -0.2) is 65.6 Å². The SMILES string of the molecule is CC(C)N1CC2(S(=O)(=O)c3ccc(Cl)cc3Cl)NC(C(N)=O)CC(=O)N2C(Cc2ccc(F)cc2)C1=O. The van der Waals surface area contributed by atoms with Gasteiger partial charge in [0.15, 0.2) is 0 Å². The molecule has 0 bridgehead atoms. The minimum Gasteiger partial charge on any atom is -0.368 e. The van der Waals surface area contributed by atoms with E-state index in [0.717, 1.165) is 4.90 Å². The van der Waals surface area contributed by atoms with E-state index in [-0.39, 0.29) is 21.4 Å². The van der Waals surface area contributed by atoms with E-state index in [1.54, 1.807) is 13.8 Å². The molecule has 0 aliphatic carbocycles. The van der Waals surface area contributed by atoms with Gasteiger partial charge in [-0.05, 0) is 49.7 Å². The molecule has 3 amide bonds. The van der Waals surface area contributed by atoms with Gasteiger partial charge in [-0.2, -0.15) is 0 Å². The maximum Gasteiger partial charge on any atom is 0.246 e. The molecule has 9 nitrogen and oxygen atoms in total. The van der Waals surface area contributed by atoms with E-state index >= 15 is 0 Å². The molecule has 3 atom stereocenters. The molecule has 4 rings (SSSR count). The van der Waals surface area contributed by atoms with Crippen molar-refractivity contribution in [2.24, 2.45) is 5.73 Å². The Morgan fingerprint density at radius 3 is 2.41 bits per heavy atom. The summed E-state index contributed by atoms with van der Waals surface area (Å²) in [5.74, 6) is -2.65. The van der Waals surface area contributed by atoms with Gasteiger partial charge in [0, 0.05) is 17.5 Å². The smallest absolute Gasteiger partial charge is 0.246 e. The van der Waals surface area contributed by atoms with E-state index in [0.29, 0.717) is 5.56 Å². The maximum atomic E-state index is 14.4. The van der Waals surface area contributed by atoms with Crippen molar-refractivity contribution >= 4 is 50.8 Å². The van der Waals surface area contributed by atoms with Crippen LogP contribution in [0.4, 0.5) is 4.39 Å². The van der Waals surface area contributed by atoms with Crippen LogP contribution < -0.4 is 11.1 Å². The number of piperazine rings is 1. The van der Waals surface area contributed by atoms with Crippen LogP contribution in [0.2, 0.25) is 10.0 Å². The fraction of sp³-hybridized carbons (Fsp3) is 0.375. The summed E-state index contributed by atoms with van der Waals surface area (Å²) in [7, 11) is -4.61. The zero-order valence-electron chi connectivity index (χ0n) is 19.9. The second-order valence-electron chi connectivity index (χ2n) is 9.34. The van der Waals surface area contributed by atoms with Crippen LogP contribution in [0, 0.1) is 5.82 Å². The fourth-order valence-electron chi connectivity index (χ4n) is 4.82. The Morgan fingerprint density at radius 2 is 1.84 bits per heavy atom. The molecule has 0 aromatic heterocycles. The lowest BCUT2D eigenvalue weighted by Gasteiger charge is -2.57. The van der Waals surface area contributed by atoms with Gasteiger partial charge in [-0.3, -0.25) is 24.6 Å². The minimum absolute atomic E-state index is 0.0946. The lowest BCUT2D eigenvalue weighted by molar-refractivity contribution is -0.167. The van der Waals surface area contributed by atoms with Gasteiger partial charge in [0.1, 0.15) is 11.9 Å². The molecular weight excluding hydrogens is 546 g/mol. The molecule has 3 N–H and O–H groups in total. The summed E-state index contributed by atoms with van der Waals surface area (Å²) in [6.07, 6.45) is -0.543. The molecule has 198 valence electrons. The zero-order chi connectivity index (χ0) is 27.3. The summed E-state index contributed by atoms with van der Waals surface area (Å²) < 4.78 is 42.3. The quantitative estimate of drug-likeness (QED) is 0.547. The average molecular weight is 571 g/mol. The molecule has 2 aromatic carbocycles. The maximum absolute atomic E-state index is 14.4. The number of benzene rings is 2. The number of hydrogen-bond donors (Lipinski definition) is 2. The first-order valence-corrected chi connectivity index (χ1v) is 13.7. The largest absolute Gasteiger partial charge is 0.368 e. The topological polar surface area (TPSA) is 130 Å². The Hall–Kier alpha value is -2.73. The second-order valence-corrected chi connectivity index (χ2v) is 12.3. The van der Waals surface area contributed by atoms with E-state index in [1.807, 2.05) is 0 Å². The van der Waals surface area contributed by atoms with Crippen LogP contribution in [0.25, 0.3) is 0 Å². The molecule has 0 spiro atoms. The molecule has 2 saturated heterocycles. The molecule has 3 unspecified atom stereocenters. The molecule has 2 fully saturated rings. The van der Waals surface area contributed by atoms with Crippen LogP contribution >= 0.6 is 23.2 Å². The van der Waals surface area contributed by atoms with Gasteiger partial charge in [0.2, 0.25) is 32.6 Å². The third-order valence-electron chi connectivity index (χ3n) is 6.64. The number of nitrogens with one attached hydrogen (secondary N) is 1. The number of nitrogens with two attached hydrogens (primary N) is 1. The van der Waals surface area contributed by atoms with Crippen molar-refractivity contribution in [2.75, 3.05) is 6.54 Å². The van der Waals surface area contributed by atoms with Crippen molar-refractivity contribution in [3.63, 3.8) is 0 Å². The molecule has 0 radical (unpaired) electrons. The normalized spacial score (nSPS) is 24.4. The van der Waals surface area contributed by atoms with Crippen LogP contribution in [0.15, 0.2) is 47.4 Å². The third kappa shape index (κ3) is 4.69. The molecule has 2 aliphatic rings. The summed E-state index contributed by atoms with van der Waals surface area (Å²) in [6, 6.07) is 6.05. The Morgan fingerprint density at radius 1 is 1.19 bits per heavy atom. The zero-order valence-corrected chi connectivity index (χ0v) is 22.3. The average Bonchev–Trinajstić information content (AvgIpc) is 2.81. The minimum atomic E-state index is -4.61. The van der Waals surface area contributed by atoms with Crippen LogP contribution in [-0.2, 0) is 30.6 Å². The van der Waals surface area contributed by atoms with Gasteiger partial charge < -0.3 is 10.6 Å². The highest BCUT2D eigenvalue weighted by Crippen LogP contribution is 2.41. The summed E-state index contributed by atoms with van der Waals surface area (Å²) in [4.78, 5) is 39.2. The van der Waals surface area contributed by atoms with E-state index in [4.69, 9.17) is 28.9 Å². The molecule has 2 aliphatic heterocycles. The number of amides is 3. The summed E-state index contributed by atoms with van der Waals surface area (Å²) >= 11 is 12.3. The molecule has 2 heterocycles. The Labute approximate surface area is 223 Å². The van der Waals surface area contributed by atoms with E-state index in [1.165, 1.54) is 47.4 Å². The summed E-state index contributed by atoms with van der Waals surface area (Å²) in [5.41, 5.74) is 6.01. The van der Waals surface area contributed by atoms with E-state index in [2.05, 4.69) is 5.32 Å². The van der Waals surface area contributed by atoms with Gasteiger partial charge in [-0.25, -0.2) is 12.8 Å². The van der Waals surface area contributed by atoms with Crippen LogP contribution in [0.5, 0.6) is 0 Å². The van der Waals surface area contributed by atoms with E-state index in [9.17, 15) is 27.2 Å². The number of nitrogens with zero attached hydrogens (tertiary/aromatic N) is 2. The number of rotatable bonds is 6. The molecule has 0 saturated carbocycles. The monoisotopic (exact) mass is 570 g/mol. The highest BCUT2D eigenvalue weighted by atomic mass is 35.5.